The van der Waals surface area contributed by atoms with E-state index in [9.17, 15) is 79.2 Å². The van der Waals surface area contributed by atoms with Crippen LogP contribution < -0.4 is 42.5 Å². The van der Waals surface area contributed by atoms with E-state index in [1.807, 2.05) is 0 Å². The normalized spacial score (nSPS) is 35.9. The second-order valence-electron chi connectivity index (χ2n) is 13.9. The highest BCUT2D eigenvalue weighted by molar-refractivity contribution is 5.75. The minimum Gasteiger partial charge on any atom is -0.481 e. The van der Waals surface area contributed by atoms with E-state index in [0.717, 1.165) is 0 Å². The second kappa shape index (κ2) is 25.1. The standard InChI is InChI=1S/4C8H14N2O5/c1-4(12)10-8-7(14)6(13)5(2-9-8)15-3-11;3*1-3(11)10-7-6(13)5(12)4(2-9-7)8(14)15/h3,5-9,13-14H,2H2,1H3,(H,10,12);3*4-7,9,12-13H,2H2,1H3,(H,10,11)(H,14,15)/t5?,6-,7-,8?;4?,5-,6+,7?;2*4?,5-,6-,7?/m0100/s1. The molecule has 0 spiro atoms. The van der Waals surface area contributed by atoms with Crippen LogP contribution in [0.5, 0.6) is 0 Å². The zero-order valence-corrected chi connectivity index (χ0v) is 32.7. The molecular formula is C32H56N8O20. The van der Waals surface area contributed by atoms with Gasteiger partial charge >= 0.3 is 17.9 Å². The summed E-state index contributed by atoms with van der Waals surface area (Å²) in [6, 6.07) is 0. The Kier molecular flexibility index (Phi) is 22.3. The summed E-state index contributed by atoms with van der Waals surface area (Å²) in [7, 11) is 0. The number of carbonyl (C=O) groups is 8. The highest BCUT2D eigenvalue weighted by Gasteiger charge is 2.43. The average molecular weight is 873 g/mol. The van der Waals surface area contributed by atoms with E-state index < -0.39 is 115 Å². The van der Waals surface area contributed by atoms with Crippen LogP contribution in [0, 0.1) is 17.8 Å². The van der Waals surface area contributed by atoms with Crippen molar-refractivity contribution in [3.05, 3.63) is 0 Å². The molecule has 16 atom stereocenters. The molecule has 8 unspecified atom stereocenters. The molecule has 4 aliphatic rings. The van der Waals surface area contributed by atoms with Gasteiger partial charge in [-0.1, -0.05) is 0 Å². The lowest BCUT2D eigenvalue weighted by Gasteiger charge is -2.37. The van der Waals surface area contributed by atoms with Crippen LogP contribution in [-0.2, 0) is 43.1 Å². The van der Waals surface area contributed by atoms with E-state index in [1.54, 1.807) is 0 Å². The van der Waals surface area contributed by atoms with Crippen LogP contribution in [0.2, 0.25) is 0 Å². The maximum Gasteiger partial charge on any atom is 0.310 e. The van der Waals surface area contributed by atoms with Crippen LogP contribution in [0.4, 0.5) is 0 Å². The van der Waals surface area contributed by atoms with E-state index in [0.29, 0.717) is 0 Å². The zero-order valence-electron chi connectivity index (χ0n) is 32.7. The van der Waals surface area contributed by atoms with Gasteiger partial charge in [-0.05, 0) is 0 Å². The minimum atomic E-state index is -1.39. The average Bonchev–Trinajstić information content (AvgIpc) is 3.14. The zero-order chi connectivity index (χ0) is 46.2. The Morgan fingerprint density at radius 1 is 0.433 bits per heavy atom. The van der Waals surface area contributed by atoms with E-state index in [1.165, 1.54) is 27.7 Å². The number of carboxylic acids is 3. The number of hydrogen-bond acceptors (Lipinski definition) is 21. The molecule has 60 heavy (non-hydrogen) atoms. The second-order valence-corrected chi connectivity index (χ2v) is 13.9. The number of aliphatic hydroxyl groups is 8. The molecule has 0 aromatic heterocycles. The van der Waals surface area contributed by atoms with Crippen molar-refractivity contribution in [2.75, 3.05) is 26.2 Å². The first-order valence-corrected chi connectivity index (χ1v) is 18.1. The van der Waals surface area contributed by atoms with Gasteiger partial charge < -0.3 is 82.2 Å². The number of amides is 4. The molecular weight excluding hydrogens is 816 g/mol. The van der Waals surface area contributed by atoms with Gasteiger partial charge in [0.15, 0.2) is 0 Å². The first-order valence-electron chi connectivity index (χ1n) is 18.1. The van der Waals surface area contributed by atoms with Crippen molar-refractivity contribution in [3.8, 4) is 0 Å². The summed E-state index contributed by atoms with van der Waals surface area (Å²) in [6.45, 7) is 5.48. The maximum absolute atomic E-state index is 10.7. The molecule has 4 aliphatic heterocycles. The molecule has 344 valence electrons. The molecule has 19 N–H and O–H groups in total. The Labute approximate surface area is 341 Å². The van der Waals surface area contributed by atoms with Crippen molar-refractivity contribution >= 4 is 48.0 Å². The summed E-state index contributed by atoms with van der Waals surface area (Å²) < 4.78 is 4.55. The van der Waals surface area contributed by atoms with Crippen LogP contribution in [-0.4, -0.2) is 210 Å². The van der Waals surface area contributed by atoms with E-state index in [4.69, 9.17) is 15.3 Å². The monoisotopic (exact) mass is 872 g/mol. The summed E-state index contributed by atoms with van der Waals surface area (Å²) in [4.78, 5) is 84.9. The first kappa shape index (κ1) is 53.3. The van der Waals surface area contributed by atoms with Gasteiger partial charge in [0.2, 0.25) is 23.6 Å². The summed E-state index contributed by atoms with van der Waals surface area (Å²) in [5.41, 5.74) is 0. The van der Waals surface area contributed by atoms with Gasteiger partial charge in [-0.15, -0.1) is 0 Å². The van der Waals surface area contributed by atoms with Crippen molar-refractivity contribution in [1.82, 2.24) is 42.5 Å². The van der Waals surface area contributed by atoms with Crippen LogP contribution in [0.3, 0.4) is 0 Å². The number of aliphatic hydroxyl groups excluding tert-OH is 8. The number of rotatable bonds is 9. The van der Waals surface area contributed by atoms with Crippen molar-refractivity contribution in [3.63, 3.8) is 0 Å². The van der Waals surface area contributed by atoms with E-state index in [2.05, 4.69) is 47.3 Å². The predicted octanol–water partition coefficient (Wildman–Crippen LogP) is -10.3. The Hall–Kier alpha value is -4.72. The first-order chi connectivity index (χ1) is 27.8. The smallest absolute Gasteiger partial charge is 0.310 e. The van der Waals surface area contributed by atoms with Gasteiger partial charge in [0.25, 0.3) is 6.47 Å². The van der Waals surface area contributed by atoms with Gasteiger partial charge in [0.1, 0.15) is 61.3 Å². The molecule has 4 heterocycles. The number of nitrogens with one attached hydrogen (secondary N) is 8. The Balaban J connectivity index is 0.000000400. The molecule has 0 saturated carbocycles. The SMILES string of the molecule is CC(=O)NC1NCC(C(=O)O)[C@@H](O)[C@@H]1O.CC(=O)NC1NCC(C(=O)O)[C@H](O)[C@@H]1O.CC(=O)NC1NCC(C(=O)O)[C@H](O)[C@@H]1O.CC(=O)NC1NCC(OC=O)[C@H](O)[C@@H]1O. The third-order valence-corrected chi connectivity index (χ3v) is 9.21. The third-order valence-electron chi connectivity index (χ3n) is 9.21. The number of ether oxygens (including phenoxy) is 1. The van der Waals surface area contributed by atoms with Gasteiger partial charge in [-0.2, -0.15) is 0 Å². The van der Waals surface area contributed by atoms with Gasteiger partial charge in [0.05, 0.1) is 36.1 Å². The molecule has 0 bridgehead atoms. The predicted molar refractivity (Wildman–Crippen MR) is 195 cm³/mol. The Morgan fingerprint density at radius 3 is 0.883 bits per heavy atom. The van der Waals surface area contributed by atoms with Crippen LogP contribution >= 0.6 is 0 Å². The largest absolute Gasteiger partial charge is 0.481 e. The van der Waals surface area contributed by atoms with Crippen LogP contribution in [0.15, 0.2) is 0 Å². The molecule has 28 heteroatoms. The Bertz CT molecular complexity index is 1350. The van der Waals surface area contributed by atoms with Crippen LogP contribution in [0.25, 0.3) is 0 Å². The minimum absolute atomic E-state index is 0.00148. The highest BCUT2D eigenvalue weighted by atomic mass is 16.5. The van der Waals surface area contributed by atoms with Crippen molar-refractivity contribution < 1.29 is 99.3 Å². The molecule has 0 aliphatic carbocycles. The lowest BCUT2D eigenvalue weighted by Crippen LogP contribution is -2.65. The van der Waals surface area contributed by atoms with Gasteiger partial charge in [-0.25, -0.2) is 0 Å². The van der Waals surface area contributed by atoms with E-state index >= 15 is 0 Å². The van der Waals surface area contributed by atoms with E-state index in [-0.39, 0.29) is 56.3 Å². The quantitative estimate of drug-likeness (QED) is 0.0956. The summed E-state index contributed by atoms with van der Waals surface area (Å²) >= 11 is 0. The molecule has 4 saturated heterocycles. The number of aliphatic carboxylic acids is 3. The number of carboxylic acid groups (broad SMARTS) is 3. The topological polar surface area (TPSA) is 465 Å². The van der Waals surface area contributed by atoms with Gasteiger partial charge in [0, 0.05) is 53.9 Å². The lowest BCUT2D eigenvalue weighted by molar-refractivity contribution is -0.155. The maximum atomic E-state index is 10.7. The number of carbonyl (C=O) groups excluding carboxylic acids is 5. The molecule has 0 radical (unpaired) electrons. The van der Waals surface area contributed by atoms with Crippen molar-refractivity contribution in [1.29, 1.82) is 0 Å². The fraction of sp³-hybridized carbons (Fsp3) is 0.750. The summed E-state index contributed by atoms with van der Waals surface area (Å²) in [6.07, 6.45) is -14.6. The molecule has 0 aromatic rings. The molecule has 4 rings (SSSR count). The fourth-order valence-electron chi connectivity index (χ4n) is 6.02. The van der Waals surface area contributed by atoms with Crippen molar-refractivity contribution in [2.24, 2.45) is 17.8 Å². The molecule has 0 aromatic carbocycles. The summed E-state index contributed by atoms with van der Waals surface area (Å²) in [5, 5.41) is 122. The molecule has 4 fully saturated rings. The number of hydrogen-bond donors (Lipinski definition) is 19. The fourth-order valence-corrected chi connectivity index (χ4v) is 6.02. The molecule has 4 amide bonds. The van der Waals surface area contributed by atoms with Crippen LogP contribution in [0.1, 0.15) is 27.7 Å². The summed E-state index contributed by atoms with van der Waals surface area (Å²) in [5.74, 6) is -8.18. The van der Waals surface area contributed by atoms with Gasteiger partial charge in [-0.3, -0.25) is 59.6 Å². The Morgan fingerprint density at radius 2 is 0.667 bits per heavy atom. The highest BCUT2D eigenvalue weighted by Crippen LogP contribution is 2.17. The third kappa shape index (κ3) is 16.4. The lowest BCUT2D eigenvalue weighted by atomic mass is 9.92. The molecule has 28 nitrogen and oxygen atoms in total. The number of piperidine rings is 4. The van der Waals surface area contributed by atoms with Crippen molar-refractivity contribution in [2.45, 2.75) is 107 Å².